The van der Waals surface area contributed by atoms with Crippen LogP contribution in [0.3, 0.4) is 0 Å². The molecule has 6 heteroatoms. The van der Waals surface area contributed by atoms with Crippen LogP contribution in [0.1, 0.15) is 28.7 Å². The van der Waals surface area contributed by atoms with Crippen LogP contribution in [-0.4, -0.2) is 22.9 Å². The summed E-state index contributed by atoms with van der Waals surface area (Å²) in [4.78, 5) is 12.0. The molecule has 0 aliphatic rings. The van der Waals surface area contributed by atoms with Gasteiger partial charge in [-0.3, -0.25) is 4.68 Å². The van der Waals surface area contributed by atoms with Crippen LogP contribution in [0.2, 0.25) is 0 Å². The van der Waals surface area contributed by atoms with Crippen LogP contribution in [0.5, 0.6) is 5.75 Å². The average Bonchev–Trinajstić information content (AvgIpc) is 2.85. The van der Waals surface area contributed by atoms with Crippen LogP contribution in [0, 0.1) is 0 Å². The minimum atomic E-state index is -0.424. The lowest BCUT2D eigenvalue weighted by atomic mass is 10.2. The standard InChI is InChI=1S/C15H19N3O3/c1-4-11-8-12(18(2)17-11)9-21-15(19)10-5-6-13(16)14(7-10)20-3/h5-8H,4,9,16H2,1-3H3. The van der Waals surface area contributed by atoms with Gasteiger partial charge in [-0.25, -0.2) is 4.79 Å². The van der Waals surface area contributed by atoms with Crippen molar-refractivity contribution >= 4 is 11.7 Å². The van der Waals surface area contributed by atoms with Gasteiger partial charge in [0.2, 0.25) is 0 Å². The molecule has 0 saturated carbocycles. The number of aromatic nitrogens is 2. The smallest absolute Gasteiger partial charge is 0.338 e. The SMILES string of the molecule is CCc1cc(COC(=O)c2ccc(N)c(OC)c2)n(C)n1. The highest BCUT2D eigenvalue weighted by Gasteiger charge is 2.12. The first-order valence-electron chi connectivity index (χ1n) is 6.67. The lowest BCUT2D eigenvalue weighted by Crippen LogP contribution is -2.08. The Labute approximate surface area is 123 Å². The second-order valence-electron chi connectivity index (χ2n) is 4.64. The number of aryl methyl sites for hydroxylation is 2. The van der Waals surface area contributed by atoms with Crippen molar-refractivity contribution in [2.75, 3.05) is 12.8 Å². The van der Waals surface area contributed by atoms with E-state index in [9.17, 15) is 4.79 Å². The van der Waals surface area contributed by atoms with Crippen molar-refractivity contribution in [3.63, 3.8) is 0 Å². The molecule has 21 heavy (non-hydrogen) atoms. The van der Waals surface area contributed by atoms with Crippen molar-refractivity contribution in [3.05, 3.63) is 41.2 Å². The van der Waals surface area contributed by atoms with Gasteiger partial charge in [-0.2, -0.15) is 5.10 Å². The van der Waals surface area contributed by atoms with E-state index in [2.05, 4.69) is 5.10 Å². The summed E-state index contributed by atoms with van der Waals surface area (Å²) in [6.07, 6.45) is 0.844. The predicted octanol–water partition coefficient (Wildman–Crippen LogP) is 1.93. The first-order valence-corrected chi connectivity index (χ1v) is 6.67. The highest BCUT2D eigenvalue weighted by Crippen LogP contribution is 2.22. The van der Waals surface area contributed by atoms with E-state index >= 15 is 0 Å². The molecule has 0 saturated heterocycles. The van der Waals surface area contributed by atoms with Crippen LogP contribution < -0.4 is 10.5 Å². The molecule has 0 spiro atoms. The average molecular weight is 289 g/mol. The number of nitrogen functional groups attached to an aromatic ring is 1. The van der Waals surface area contributed by atoms with E-state index in [-0.39, 0.29) is 6.61 Å². The monoisotopic (exact) mass is 289 g/mol. The van der Waals surface area contributed by atoms with Crippen molar-refractivity contribution in [2.24, 2.45) is 7.05 Å². The highest BCUT2D eigenvalue weighted by atomic mass is 16.5. The van der Waals surface area contributed by atoms with Crippen molar-refractivity contribution in [1.29, 1.82) is 0 Å². The largest absolute Gasteiger partial charge is 0.495 e. The Morgan fingerprint density at radius 2 is 2.14 bits per heavy atom. The molecular formula is C15H19N3O3. The number of carbonyl (C=O) groups is 1. The van der Waals surface area contributed by atoms with Crippen LogP contribution >= 0.6 is 0 Å². The first kappa shape index (κ1) is 14.9. The zero-order valence-corrected chi connectivity index (χ0v) is 12.4. The summed E-state index contributed by atoms with van der Waals surface area (Å²) in [5.41, 5.74) is 8.42. The van der Waals surface area contributed by atoms with Gasteiger partial charge in [0.05, 0.1) is 29.7 Å². The van der Waals surface area contributed by atoms with Crippen molar-refractivity contribution in [1.82, 2.24) is 9.78 Å². The van der Waals surface area contributed by atoms with Crippen LogP contribution in [-0.2, 0) is 24.8 Å². The molecule has 2 aromatic rings. The fraction of sp³-hybridized carbons (Fsp3) is 0.333. The van der Waals surface area contributed by atoms with E-state index in [0.29, 0.717) is 17.0 Å². The third kappa shape index (κ3) is 3.34. The summed E-state index contributed by atoms with van der Waals surface area (Å²) in [6.45, 7) is 2.20. The maximum absolute atomic E-state index is 12.0. The topological polar surface area (TPSA) is 79.4 Å². The van der Waals surface area contributed by atoms with E-state index in [1.165, 1.54) is 7.11 Å². The minimum Gasteiger partial charge on any atom is -0.495 e. The molecule has 2 rings (SSSR count). The maximum Gasteiger partial charge on any atom is 0.338 e. The van der Waals surface area contributed by atoms with Crippen LogP contribution in [0.25, 0.3) is 0 Å². The maximum atomic E-state index is 12.0. The van der Waals surface area contributed by atoms with E-state index in [1.807, 2.05) is 20.0 Å². The van der Waals surface area contributed by atoms with Gasteiger partial charge < -0.3 is 15.2 Å². The Morgan fingerprint density at radius 1 is 1.38 bits per heavy atom. The van der Waals surface area contributed by atoms with Gasteiger partial charge in [0.1, 0.15) is 12.4 Å². The number of ether oxygens (including phenoxy) is 2. The molecule has 0 amide bonds. The number of rotatable bonds is 5. The van der Waals surface area contributed by atoms with E-state index in [0.717, 1.165) is 17.8 Å². The molecule has 112 valence electrons. The Bertz CT molecular complexity index is 650. The van der Waals surface area contributed by atoms with E-state index < -0.39 is 5.97 Å². The fourth-order valence-electron chi connectivity index (χ4n) is 1.94. The second-order valence-corrected chi connectivity index (χ2v) is 4.64. The molecule has 1 aromatic heterocycles. The second kappa shape index (κ2) is 6.30. The number of benzene rings is 1. The Hall–Kier alpha value is -2.50. The fourth-order valence-corrected chi connectivity index (χ4v) is 1.94. The number of methoxy groups -OCH3 is 1. The number of carbonyl (C=O) groups excluding carboxylic acids is 1. The molecule has 0 aliphatic heterocycles. The Kier molecular flexibility index (Phi) is 4.47. The van der Waals surface area contributed by atoms with Crippen LogP contribution in [0.4, 0.5) is 5.69 Å². The Morgan fingerprint density at radius 3 is 2.76 bits per heavy atom. The summed E-state index contributed by atoms with van der Waals surface area (Å²) >= 11 is 0. The number of hydrogen-bond acceptors (Lipinski definition) is 5. The molecule has 2 N–H and O–H groups in total. The highest BCUT2D eigenvalue weighted by molar-refractivity contribution is 5.90. The molecule has 0 fully saturated rings. The molecule has 0 radical (unpaired) electrons. The van der Waals surface area contributed by atoms with Gasteiger partial charge in [-0.15, -0.1) is 0 Å². The van der Waals surface area contributed by atoms with Gasteiger partial charge in [0, 0.05) is 7.05 Å². The molecular weight excluding hydrogens is 270 g/mol. The van der Waals surface area contributed by atoms with Gasteiger partial charge in [0.15, 0.2) is 0 Å². The van der Waals surface area contributed by atoms with Gasteiger partial charge in [0.25, 0.3) is 0 Å². The molecule has 1 heterocycles. The molecule has 0 aliphatic carbocycles. The van der Waals surface area contributed by atoms with Gasteiger partial charge >= 0.3 is 5.97 Å². The van der Waals surface area contributed by atoms with Crippen molar-refractivity contribution in [2.45, 2.75) is 20.0 Å². The quantitative estimate of drug-likeness (QED) is 0.672. The number of nitrogens with zero attached hydrogens (tertiary/aromatic N) is 2. The summed E-state index contributed by atoms with van der Waals surface area (Å²) in [6, 6.07) is 6.73. The van der Waals surface area contributed by atoms with Gasteiger partial charge in [-0.1, -0.05) is 6.92 Å². The Balaban J connectivity index is 2.06. The normalized spacial score (nSPS) is 10.4. The zero-order valence-electron chi connectivity index (χ0n) is 12.4. The lowest BCUT2D eigenvalue weighted by molar-refractivity contribution is 0.0463. The van der Waals surface area contributed by atoms with Crippen LogP contribution in [0.15, 0.2) is 24.3 Å². The summed E-state index contributed by atoms with van der Waals surface area (Å²) in [5.74, 6) is 0.0331. The molecule has 6 nitrogen and oxygen atoms in total. The minimum absolute atomic E-state index is 0.176. The summed E-state index contributed by atoms with van der Waals surface area (Å²) in [5, 5.41) is 4.31. The van der Waals surface area contributed by atoms with E-state index in [1.54, 1.807) is 22.9 Å². The number of hydrogen-bond donors (Lipinski definition) is 1. The molecule has 0 bridgehead atoms. The van der Waals surface area contributed by atoms with Crippen molar-refractivity contribution < 1.29 is 14.3 Å². The molecule has 0 unspecified atom stereocenters. The summed E-state index contributed by atoms with van der Waals surface area (Å²) < 4.78 is 12.1. The third-order valence-electron chi connectivity index (χ3n) is 3.21. The predicted molar refractivity (Wildman–Crippen MR) is 79.1 cm³/mol. The van der Waals surface area contributed by atoms with Crippen molar-refractivity contribution in [3.8, 4) is 5.75 Å². The lowest BCUT2D eigenvalue weighted by Gasteiger charge is -2.08. The summed E-state index contributed by atoms with van der Waals surface area (Å²) in [7, 11) is 3.33. The first-order chi connectivity index (χ1) is 10.0. The number of nitrogens with two attached hydrogens (primary N) is 1. The van der Waals surface area contributed by atoms with Gasteiger partial charge in [-0.05, 0) is 30.7 Å². The third-order valence-corrected chi connectivity index (χ3v) is 3.21. The zero-order chi connectivity index (χ0) is 15.4. The van der Waals surface area contributed by atoms with E-state index in [4.69, 9.17) is 15.2 Å². The molecule has 0 atom stereocenters. The number of anilines is 1. The number of esters is 1. The molecule has 1 aromatic carbocycles.